The number of fused-ring (bicyclic) bond motifs is 7. The van der Waals surface area contributed by atoms with Crippen molar-refractivity contribution in [1.82, 2.24) is 0 Å². The van der Waals surface area contributed by atoms with Crippen LogP contribution in [0.5, 0.6) is 0 Å². The molecule has 0 bridgehead atoms. The van der Waals surface area contributed by atoms with E-state index in [2.05, 4.69) is 47.6 Å². The third kappa shape index (κ3) is 5.68. The van der Waals surface area contributed by atoms with Gasteiger partial charge in [-0.25, -0.2) is 0 Å². The van der Waals surface area contributed by atoms with Crippen LogP contribution in [0.1, 0.15) is 106 Å². The molecule has 5 aliphatic carbocycles. The lowest BCUT2D eigenvalue weighted by Crippen LogP contribution is -2.68. The minimum Gasteiger partial charge on any atom is -0.481 e. The molecule has 2 saturated heterocycles. The number of carbonyl (C=O) groups is 1. The van der Waals surface area contributed by atoms with Crippen molar-refractivity contribution in [1.29, 1.82) is 0 Å². The molecular formula is C41H66O13. The molecule has 54 heavy (non-hydrogen) atoms. The molecule has 7 rings (SSSR count). The number of aliphatic hydroxyl groups is 7. The highest BCUT2D eigenvalue weighted by molar-refractivity contribution is 5.77. The van der Waals surface area contributed by atoms with Crippen molar-refractivity contribution in [3.8, 4) is 0 Å². The summed E-state index contributed by atoms with van der Waals surface area (Å²) in [5.41, 5.74) is -1.77. The van der Waals surface area contributed by atoms with E-state index >= 15 is 0 Å². The molecule has 0 spiro atoms. The molecule has 308 valence electrons. The van der Waals surface area contributed by atoms with Crippen LogP contribution < -0.4 is 0 Å². The van der Waals surface area contributed by atoms with Crippen LogP contribution >= 0.6 is 0 Å². The molecule has 8 N–H and O–H groups in total. The number of aliphatic carboxylic acids is 1. The Morgan fingerprint density at radius 2 is 1.54 bits per heavy atom. The van der Waals surface area contributed by atoms with Crippen LogP contribution in [0, 0.1) is 50.7 Å². The van der Waals surface area contributed by atoms with Crippen molar-refractivity contribution >= 4 is 5.97 Å². The van der Waals surface area contributed by atoms with Crippen molar-refractivity contribution in [3.63, 3.8) is 0 Å². The first-order chi connectivity index (χ1) is 25.1. The van der Waals surface area contributed by atoms with E-state index in [0.29, 0.717) is 31.6 Å². The van der Waals surface area contributed by atoms with Gasteiger partial charge in [-0.2, -0.15) is 0 Å². The highest BCUT2D eigenvalue weighted by Crippen LogP contribution is 2.76. The Labute approximate surface area is 319 Å². The number of carboxylic acid groups (broad SMARTS) is 1. The topological polar surface area (TPSA) is 216 Å². The van der Waals surface area contributed by atoms with Crippen molar-refractivity contribution < 1.29 is 64.6 Å². The van der Waals surface area contributed by atoms with E-state index < -0.39 is 84.8 Å². The predicted molar refractivity (Wildman–Crippen MR) is 193 cm³/mol. The zero-order valence-corrected chi connectivity index (χ0v) is 33.1. The normalized spacial score (nSPS) is 55.7. The fourth-order valence-electron chi connectivity index (χ4n) is 13.6. The quantitative estimate of drug-likeness (QED) is 0.144. The maximum Gasteiger partial charge on any atom is 0.310 e. The van der Waals surface area contributed by atoms with E-state index in [9.17, 15) is 45.6 Å². The highest BCUT2D eigenvalue weighted by Gasteiger charge is 2.71. The molecular weight excluding hydrogens is 700 g/mol. The summed E-state index contributed by atoms with van der Waals surface area (Å²) < 4.78 is 24.2. The third-order valence-corrected chi connectivity index (χ3v) is 17.3. The lowest BCUT2D eigenvalue weighted by atomic mass is 9.33. The molecule has 0 amide bonds. The number of aliphatic hydroxyl groups excluding tert-OH is 6. The van der Waals surface area contributed by atoms with E-state index in [1.807, 2.05) is 6.92 Å². The van der Waals surface area contributed by atoms with Crippen LogP contribution in [0.2, 0.25) is 0 Å². The zero-order valence-electron chi connectivity index (χ0n) is 33.1. The summed E-state index contributed by atoms with van der Waals surface area (Å²) in [4.78, 5) is 13.1. The maximum absolute atomic E-state index is 13.1. The van der Waals surface area contributed by atoms with Crippen LogP contribution in [0.15, 0.2) is 11.6 Å². The second-order valence-electron chi connectivity index (χ2n) is 19.9. The van der Waals surface area contributed by atoms with Gasteiger partial charge in [-0.05, 0) is 104 Å². The Bertz CT molecular complexity index is 1470. The summed E-state index contributed by atoms with van der Waals surface area (Å²) in [6.07, 6.45) is -4.14. The number of carboxylic acids is 1. The summed E-state index contributed by atoms with van der Waals surface area (Å²) >= 11 is 0. The summed E-state index contributed by atoms with van der Waals surface area (Å²) in [5.74, 6) is -0.672. The van der Waals surface area contributed by atoms with E-state index in [1.165, 1.54) is 0 Å². The van der Waals surface area contributed by atoms with Gasteiger partial charge in [-0.3, -0.25) is 4.79 Å². The van der Waals surface area contributed by atoms with Crippen molar-refractivity contribution in [2.75, 3.05) is 13.2 Å². The third-order valence-electron chi connectivity index (χ3n) is 17.3. The first kappa shape index (κ1) is 40.9. The largest absolute Gasteiger partial charge is 0.481 e. The fourth-order valence-corrected chi connectivity index (χ4v) is 13.6. The van der Waals surface area contributed by atoms with Gasteiger partial charge in [0.2, 0.25) is 0 Å². The number of allylic oxidation sites excluding steroid dienone is 1. The highest BCUT2D eigenvalue weighted by atomic mass is 16.8. The van der Waals surface area contributed by atoms with Gasteiger partial charge in [0.15, 0.2) is 12.6 Å². The van der Waals surface area contributed by atoms with Gasteiger partial charge in [0.1, 0.15) is 42.7 Å². The Morgan fingerprint density at radius 3 is 2.20 bits per heavy atom. The second-order valence-corrected chi connectivity index (χ2v) is 19.9. The van der Waals surface area contributed by atoms with E-state index in [0.717, 1.165) is 37.7 Å². The van der Waals surface area contributed by atoms with Crippen molar-refractivity contribution in [2.24, 2.45) is 50.7 Å². The zero-order chi connectivity index (χ0) is 39.6. The van der Waals surface area contributed by atoms with Gasteiger partial charge in [-0.1, -0.05) is 53.2 Å². The van der Waals surface area contributed by atoms with Crippen LogP contribution in [0.25, 0.3) is 0 Å². The Balaban J connectivity index is 1.14. The fraction of sp³-hybridized carbons (Fsp3) is 0.927. The van der Waals surface area contributed by atoms with Gasteiger partial charge < -0.3 is 59.8 Å². The van der Waals surface area contributed by atoms with E-state index in [4.69, 9.17) is 18.9 Å². The van der Waals surface area contributed by atoms with Crippen LogP contribution in [-0.4, -0.2) is 127 Å². The SMILES string of the molecule is C[C@@H]1CC[C@]2(C(=O)O)CC[C@]3(C)C(=CC[C@@H]4[C@@]5(C)CC[C@H](O[C@@H]6OC[C@@H](O)[C@H](O)[C@H]6O[C@@H]6O[C@H](CO)[C@@H](O)[C@H](O)[C@H]6O)C(C)(C)[C@@H]5CC[C@]43C)[C@@H]2[C@]1(C)O. The summed E-state index contributed by atoms with van der Waals surface area (Å²) in [6.45, 7) is 14.7. The molecule has 2 aliphatic heterocycles. The van der Waals surface area contributed by atoms with Crippen LogP contribution in [-0.2, 0) is 23.7 Å². The predicted octanol–water partition coefficient (Wildman–Crippen LogP) is 2.49. The molecule has 0 radical (unpaired) electrons. The van der Waals surface area contributed by atoms with Gasteiger partial charge in [-0.15, -0.1) is 0 Å². The maximum atomic E-state index is 13.1. The average Bonchev–Trinajstić information content (AvgIpc) is 3.10. The first-order valence-corrected chi connectivity index (χ1v) is 20.4. The molecule has 6 fully saturated rings. The minimum absolute atomic E-state index is 0.00666. The van der Waals surface area contributed by atoms with Crippen molar-refractivity contribution in [2.45, 2.75) is 173 Å². The standard InChI is InChI=1S/C41H66O13/c1-20-10-15-41(35(48)49)17-16-38(5)21(32(41)40(20,7)50)8-9-25-37(4)13-12-26(36(2,3)24(37)11-14-39(25,38)6)53-34-31(27(44)22(43)19-51-34)54-33-30(47)29(46)28(45)23(18-42)52-33/h8,20,22-34,42-47,50H,9-19H2,1-7H3,(H,48,49)/t20-,22-,23-,24+,25-,26+,27+,28-,29+,30-,31-,32-,33+,34+,37+,38-,39-,40-,41+/m1/s1. The molecule has 0 aromatic heterocycles. The number of hydrogen-bond acceptors (Lipinski definition) is 12. The van der Waals surface area contributed by atoms with Crippen LogP contribution in [0.3, 0.4) is 0 Å². The molecule has 0 aromatic carbocycles. The lowest BCUT2D eigenvalue weighted by Gasteiger charge is -2.72. The summed E-state index contributed by atoms with van der Waals surface area (Å²) in [7, 11) is 0. The first-order valence-electron chi connectivity index (χ1n) is 20.4. The monoisotopic (exact) mass is 766 g/mol. The lowest BCUT2D eigenvalue weighted by molar-refractivity contribution is -0.367. The van der Waals surface area contributed by atoms with E-state index in [-0.39, 0.29) is 46.2 Å². The molecule has 0 unspecified atom stereocenters. The van der Waals surface area contributed by atoms with Gasteiger partial charge in [0.25, 0.3) is 0 Å². The average molecular weight is 767 g/mol. The number of rotatable bonds is 6. The molecule has 2 heterocycles. The van der Waals surface area contributed by atoms with Crippen molar-refractivity contribution in [3.05, 3.63) is 11.6 Å². The molecule has 13 nitrogen and oxygen atoms in total. The smallest absolute Gasteiger partial charge is 0.310 e. The molecule has 7 aliphatic rings. The number of hydrogen-bond donors (Lipinski definition) is 8. The second kappa shape index (κ2) is 13.7. The molecule has 19 atom stereocenters. The van der Waals surface area contributed by atoms with Gasteiger partial charge in [0, 0.05) is 5.92 Å². The Morgan fingerprint density at radius 1 is 0.833 bits per heavy atom. The molecule has 4 saturated carbocycles. The van der Waals surface area contributed by atoms with Gasteiger partial charge >= 0.3 is 5.97 Å². The molecule has 13 heteroatoms. The molecule has 0 aromatic rings. The Hall–Kier alpha value is -1.23. The van der Waals surface area contributed by atoms with E-state index in [1.54, 1.807) is 0 Å². The summed E-state index contributed by atoms with van der Waals surface area (Å²) in [6, 6.07) is 0. The van der Waals surface area contributed by atoms with Crippen LogP contribution in [0.4, 0.5) is 0 Å². The minimum atomic E-state index is -1.71. The Kier molecular flexibility index (Phi) is 10.4. The number of ether oxygens (including phenoxy) is 4. The summed E-state index contributed by atoms with van der Waals surface area (Å²) in [5, 5.41) is 85.5. The van der Waals surface area contributed by atoms with Gasteiger partial charge in [0.05, 0.1) is 30.3 Å².